The molecule has 0 radical (unpaired) electrons. The van der Waals surface area contributed by atoms with Gasteiger partial charge in [0.25, 0.3) is 11.8 Å². The molecule has 1 atom stereocenters. The molecule has 1 aromatic heterocycles. The zero-order valence-corrected chi connectivity index (χ0v) is 23.4. The SMILES string of the molecule is C[Si](C)(C)CCOCN1C(=O)CCC(N2Cc3c(OCCc4ccc(CCl)cn4)cccc3C2=O)C1=O. The van der Waals surface area contributed by atoms with Gasteiger partial charge in [0.05, 0.1) is 13.2 Å². The number of hydrogen-bond donors (Lipinski definition) is 0. The van der Waals surface area contributed by atoms with Gasteiger partial charge in [0.15, 0.2) is 0 Å². The average Bonchev–Trinajstić information content (AvgIpc) is 3.20. The first-order valence-electron chi connectivity index (χ1n) is 12.7. The number of carbonyl (C=O) groups excluding carboxylic acids is 3. The number of likely N-dealkylation sites (tertiary alicyclic amines) is 1. The van der Waals surface area contributed by atoms with Gasteiger partial charge >= 0.3 is 0 Å². The van der Waals surface area contributed by atoms with Crippen LogP contribution in [-0.2, 0) is 33.2 Å². The van der Waals surface area contributed by atoms with Crippen LogP contribution < -0.4 is 4.74 Å². The largest absolute Gasteiger partial charge is 0.493 e. The van der Waals surface area contributed by atoms with E-state index in [1.807, 2.05) is 18.2 Å². The Bertz CT molecular complexity index is 1150. The molecule has 10 heteroatoms. The molecule has 4 rings (SSSR count). The Hall–Kier alpha value is -2.75. The first kappa shape index (κ1) is 27.3. The molecule has 0 saturated carbocycles. The summed E-state index contributed by atoms with van der Waals surface area (Å²) >= 11 is 5.82. The van der Waals surface area contributed by atoms with Crippen LogP contribution in [0.1, 0.15) is 40.0 Å². The fraction of sp³-hybridized carbons (Fsp3) is 0.481. The molecule has 2 aliphatic heterocycles. The third-order valence-corrected chi connectivity index (χ3v) is 8.70. The fourth-order valence-corrected chi connectivity index (χ4v) is 5.36. The Kier molecular flexibility index (Phi) is 8.66. The van der Waals surface area contributed by atoms with Crippen molar-refractivity contribution in [2.45, 2.75) is 63.4 Å². The average molecular weight is 544 g/mol. The third-order valence-electron chi connectivity index (χ3n) is 6.69. The van der Waals surface area contributed by atoms with Gasteiger partial charge in [-0.2, -0.15) is 0 Å². The standard InChI is InChI=1S/C27H34ClN3O5Si/c1-37(2,3)14-13-35-18-31-25(32)10-9-23(27(31)34)30-17-22-21(26(30)33)5-4-6-24(22)36-12-11-20-8-7-19(15-28)16-29-20/h4-8,16,23H,9-15,17-18H2,1-3H3. The van der Waals surface area contributed by atoms with Crippen LogP contribution in [0.3, 0.4) is 0 Å². The summed E-state index contributed by atoms with van der Waals surface area (Å²) in [6.45, 7) is 7.84. The number of benzene rings is 1. The predicted molar refractivity (Wildman–Crippen MR) is 143 cm³/mol. The van der Waals surface area contributed by atoms with Crippen molar-refractivity contribution >= 4 is 37.4 Å². The smallest absolute Gasteiger partial charge is 0.255 e. The van der Waals surface area contributed by atoms with Crippen LogP contribution in [0, 0.1) is 0 Å². The topological polar surface area (TPSA) is 89.0 Å². The number of alkyl halides is 1. The lowest BCUT2D eigenvalue weighted by molar-refractivity contribution is -0.158. The van der Waals surface area contributed by atoms with Crippen molar-refractivity contribution in [1.29, 1.82) is 0 Å². The molecule has 3 heterocycles. The molecule has 37 heavy (non-hydrogen) atoms. The minimum absolute atomic E-state index is 0.0676. The number of hydrogen-bond acceptors (Lipinski definition) is 6. The molecule has 1 unspecified atom stereocenters. The molecule has 1 fully saturated rings. The maximum atomic E-state index is 13.3. The van der Waals surface area contributed by atoms with E-state index in [1.165, 1.54) is 0 Å². The van der Waals surface area contributed by atoms with E-state index >= 15 is 0 Å². The molecule has 2 aromatic rings. The lowest BCUT2D eigenvalue weighted by Gasteiger charge is -2.35. The Labute approximate surface area is 223 Å². The molecule has 1 saturated heterocycles. The highest BCUT2D eigenvalue weighted by atomic mass is 35.5. The summed E-state index contributed by atoms with van der Waals surface area (Å²) in [7, 11) is -1.28. The number of pyridine rings is 1. The summed E-state index contributed by atoms with van der Waals surface area (Å²) in [6.07, 6.45) is 2.88. The van der Waals surface area contributed by atoms with Gasteiger partial charge in [0.2, 0.25) is 5.91 Å². The van der Waals surface area contributed by atoms with E-state index in [4.69, 9.17) is 21.1 Å². The van der Waals surface area contributed by atoms with E-state index in [2.05, 4.69) is 24.6 Å². The van der Waals surface area contributed by atoms with Gasteiger partial charge in [-0.3, -0.25) is 24.3 Å². The predicted octanol–water partition coefficient (Wildman–Crippen LogP) is 4.23. The van der Waals surface area contributed by atoms with Gasteiger partial charge in [0.1, 0.15) is 18.5 Å². The highest BCUT2D eigenvalue weighted by Crippen LogP contribution is 2.34. The summed E-state index contributed by atoms with van der Waals surface area (Å²) in [5.41, 5.74) is 3.15. The maximum Gasteiger partial charge on any atom is 0.255 e. The molecular weight excluding hydrogens is 510 g/mol. The minimum Gasteiger partial charge on any atom is -0.493 e. The van der Waals surface area contributed by atoms with Crippen LogP contribution in [0.2, 0.25) is 25.7 Å². The van der Waals surface area contributed by atoms with E-state index in [0.29, 0.717) is 43.2 Å². The van der Waals surface area contributed by atoms with Crippen LogP contribution in [0.15, 0.2) is 36.5 Å². The van der Waals surface area contributed by atoms with Gasteiger partial charge in [-0.15, -0.1) is 11.6 Å². The van der Waals surface area contributed by atoms with Crippen LogP contribution in [-0.4, -0.2) is 66.6 Å². The quantitative estimate of drug-likeness (QED) is 0.182. The highest BCUT2D eigenvalue weighted by molar-refractivity contribution is 6.76. The highest BCUT2D eigenvalue weighted by Gasteiger charge is 2.43. The monoisotopic (exact) mass is 543 g/mol. The van der Waals surface area contributed by atoms with Crippen molar-refractivity contribution in [2.75, 3.05) is 19.9 Å². The van der Waals surface area contributed by atoms with E-state index in [9.17, 15) is 14.4 Å². The number of rotatable bonds is 11. The first-order chi connectivity index (χ1) is 17.7. The van der Waals surface area contributed by atoms with Gasteiger partial charge in [-0.1, -0.05) is 31.8 Å². The second-order valence-corrected chi connectivity index (χ2v) is 16.6. The molecular formula is C27H34ClN3O5Si. The normalized spacial score (nSPS) is 17.9. The van der Waals surface area contributed by atoms with Gasteiger partial charge in [-0.05, 0) is 36.2 Å². The number of amides is 3. The van der Waals surface area contributed by atoms with Gasteiger partial charge in [0, 0.05) is 56.4 Å². The number of halogens is 1. The van der Waals surface area contributed by atoms with E-state index in [0.717, 1.165) is 27.8 Å². The molecule has 0 spiro atoms. The number of piperidine rings is 1. The summed E-state index contributed by atoms with van der Waals surface area (Å²) < 4.78 is 11.7. The number of fused-ring (bicyclic) bond motifs is 1. The second kappa shape index (κ2) is 11.7. The molecule has 0 bridgehead atoms. The van der Waals surface area contributed by atoms with E-state index in [-0.39, 0.29) is 37.4 Å². The Balaban J connectivity index is 1.38. The Morgan fingerprint density at radius 3 is 2.62 bits per heavy atom. The number of ether oxygens (including phenoxy) is 2. The zero-order valence-electron chi connectivity index (χ0n) is 21.7. The fourth-order valence-electron chi connectivity index (χ4n) is 4.44. The number of imide groups is 1. The van der Waals surface area contributed by atoms with Crippen LogP contribution >= 0.6 is 11.6 Å². The number of nitrogens with zero attached hydrogens (tertiary/aromatic N) is 3. The minimum atomic E-state index is -1.28. The Morgan fingerprint density at radius 2 is 1.92 bits per heavy atom. The first-order valence-corrected chi connectivity index (χ1v) is 16.9. The van der Waals surface area contributed by atoms with Crippen molar-refractivity contribution in [1.82, 2.24) is 14.8 Å². The molecule has 0 N–H and O–H groups in total. The molecule has 8 nitrogen and oxygen atoms in total. The van der Waals surface area contributed by atoms with Gasteiger partial charge in [-0.25, -0.2) is 0 Å². The molecule has 198 valence electrons. The van der Waals surface area contributed by atoms with E-state index in [1.54, 1.807) is 23.2 Å². The molecule has 0 aliphatic carbocycles. The van der Waals surface area contributed by atoms with Crippen molar-refractivity contribution < 1.29 is 23.9 Å². The van der Waals surface area contributed by atoms with Crippen LogP contribution in [0.4, 0.5) is 0 Å². The van der Waals surface area contributed by atoms with Crippen molar-refractivity contribution in [3.8, 4) is 5.75 Å². The second-order valence-electron chi connectivity index (χ2n) is 10.7. The van der Waals surface area contributed by atoms with E-state index < -0.39 is 14.1 Å². The number of aromatic nitrogens is 1. The maximum absolute atomic E-state index is 13.3. The lowest BCUT2D eigenvalue weighted by atomic mass is 10.0. The Morgan fingerprint density at radius 1 is 1.11 bits per heavy atom. The number of carbonyl (C=O) groups is 3. The van der Waals surface area contributed by atoms with Crippen LogP contribution in [0.25, 0.3) is 0 Å². The zero-order chi connectivity index (χ0) is 26.6. The molecule has 2 aliphatic rings. The lowest BCUT2D eigenvalue weighted by Crippen LogP contribution is -2.55. The molecule has 3 amide bonds. The third kappa shape index (κ3) is 6.58. The van der Waals surface area contributed by atoms with Gasteiger partial charge < -0.3 is 14.4 Å². The summed E-state index contributed by atoms with van der Waals surface area (Å²) in [4.78, 5) is 46.1. The molecule has 1 aromatic carbocycles. The van der Waals surface area contributed by atoms with Crippen molar-refractivity contribution in [3.63, 3.8) is 0 Å². The summed E-state index contributed by atoms with van der Waals surface area (Å²) in [5, 5.41) is 0. The van der Waals surface area contributed by atoms with Crippen LogP contribution in [0.5, 0.6) is 5.75 Å². The van der Waals surface area contributed by atoms with Crippen molar-refractivity contribution in [2.24, 2.45) is 0 Å². The summed E-state index contributed by atoms with van der Waals surface area (Å²) in [6, 6.07) is 9.50. The van der Waals surface area contributed by atoms with Crippen molar-refractivity contribution in [3.05, 3.63) is 58.9 Å². The summed E-state index contributed by atoms with van der Waals surface area (Å²) in [5.74, 6) is 0.197.